The van der Waals surface area contributed by atoms with Crippen LogP contribution in [0, 0.1) is 17.7 Å². The average molecular weight is 457 g/mol. The monoisotopic (exact) mass is 456 g/mol. The number of primary amides is 1. The molecule has 0 radical (unpaired) electrons. The Bertz CT molecular complexity index is 1070. The number of nitrogens with two attached hydrogens (primary N) is 2. The van der Waals surface area contributed by atoms with Gasteiger partial charge in [0.1, 0.15) is 23.1 Å². The van der Waals surface area contributed by atoms with Gasteiger partial charge in [-0.1, -0.05) is 0 Å². The maximum Gasteiger partial charge on any atom is 0.410 e. The number of pyridine rings is 1. The van der Waals surface area contributed by atoms with Crippen molar-refractivity contribution < 1.29 is 23.5 Å². The first-order valence-electron chi connectivity index (χ1n) is 10.9. The zero-order valence-electron chi connectivity index (χ0n) is 19.2. The maximum absolute atomic E-state index is 13.4. The summed E-state index contributed by atoms with van der Waals surface area (Å²) in [7, 11) is 0. The largest absolute Gasteiger partial charge is 0.474 e. The van der Waals surface area contributed by atoms with Crippen molar-refractivity contribution in [1.29, 1.82) is 0 Å². The van der Waals surface area contributed by atoms with E-state index in [0.717, 1.165) is 0 Å². The Balaban J connectivity index is 1.53. The van der Waals surface area contributed by atoms with Gasteiger partial charge >= 0.3 is 6.09 Å². The highest BCUT2D eigenvalue weighted by Crippen LogP contribution is 2.48. The number of aromatic nitrogens is 1. The summed E-state index contributed by atoms with van der Waals surface area (Å²) in [5.74, 6) is -0.406. The molecule has 9 heteroatoms. The summed E-state index contributed by atoms with van der Waals surface area (Å²) in [5.41, 5.74) is 11.3. The van der Waals surface area contributed by atoms with E-state index in [1.54, 1.807) is 29.2 Å². The van der Waals surface area contributed by atoms with Crippen LogP contribution in [0.1, 0.15) is 33.3 Å². The highest BCUT2D eigenvalue weighted by molar-refractivity contribution is 5.86. The molecule has 2 unspecified atom stereocenters. The quantitative estimate of drug-likeness (QED) is 0.714. The average Bonchev–Trinajstić information content (AvgIpc) is 3.15. The minimum absolute atomic E-state index is 0.106. The zero-order valence-corrected chi connectivity index (χ0v) is 19.2. The van der Waals surface area contributed by atoms with E-state index in [9.17, 15) is 14.0 Å². The topological polar surface area (TPSA) is 121 Å². The van der Waals surface area contributed by atoms with Crippen LogP contribution >= 0.6 is 0 Å². The molecular formula is C24H29FN4O4. The Labute approximate surface area is 192 Å². The summed E-state index contributed by atoms with van der Waals surface area (Å²) in [6, 6.07) is 9.11. The molecule has 2 amide bonds. The van der Waals surface area contributed by atoms with E-state index in [0.29, 0.717) is 35.8 Å². The molecule has 4 atom stereocenters. The van der Waals surface area contributed by atoms with Gasteiger partial charge in [-0.15, -0.1) is 0 Å². The standard InChI is InChI=1S/C24H29FN4O4/c1-23(2,3)33-22(31)29-11-16-17(12-29)20(16)32-19-10-14(24(4,27)21(26)30)9-18(28-19)13-5-7-15(25)8-6-13/h5-10,16-17,20H,11-12,27H2,1-4H3,(H2,26,30)/t16-,17+,20?,24?. The third-order valence-corrected chi connectivity index (χ3v) is 6.08. The molecule has 1 saturated heterocycles. The molecule has 1 aliphatic carbocycles. The van der Waals surface area contributed by atoms with Crippen LogP contribution in [0.5, 0.6) is 5.88 Å². The van der Waals surface area contributed by atoms with Gasteiger partial charge in [-0.25, -0.2) is 14.2 Å². The number of ether oxygens (including phenoxy) is 2. The van der Waals surface area contributed by atoms with Crippen LogP contribution in [0.3, 0.4) is 0 Å². The Kier molecular flexibility index (Phi) is 5.56. The first-order chi connectivity index (χ1) is 15.3. The van der Waals surface area contributed by atoms with Crippen LogP contribution in [0.2, 0.25) is 0 Å². The third kappa shape index (κ3) is 4.78. The third-order valence-electron chi connectivity index (χ3n) is 6.08. The maximum atomic E-state index is 13.4. The number of nitrogens with zero attached hydrogens (tertiary/aromatic N) is 2. The minimum Gasteiger partial charge on any atom is -0.474 e. The summed E-state index contributed by atoms with van der Waals surface area (Å²) < 4.78 is 25.0. The molecule has 1 aromatic carbocycles. The second kappa shape index (κ2) is 7.98. The van der Waals surface area contributed by atoms with Crippen LogP contribution in [0.25, 0.3) is 11.3 Å². The number of fused-ring (bicyclic) bond motifs is 1. The predicted octanol–water partition coefficient (Wildman–Crippen LogP) is 2.79. The molecule has 4 rings (SSSR count). The summed E-state index contributed by atoms with van der Waals surface area (Å²) >= 11 is 0. The van der Waals surface area contributed by atoms with Crippen LogP contribution in [0.4, 0.5) is 9.18 Å². The van der Waals surface area contributed by atoms with Crippen molar-refractivity contribution in [3.05, 3.63) is 47.8 Å². The molecule has 2 heterocycles. The van der Waals surface area contributed by atoms with Gasteiger partial charge in [-0.3, -0.25) is 4.79 Å². The van der Waals surface area contributed by atoms with Gasteiger partial charge in [0.15, 0.2) is 0 Å². The lowest BCUT2D eigenvalue weighted by Crippen LogP contribution is -2.46. The normalized spacial score (nSPS) is 23.5. The molecule has 2 aliphatic rings. The smallest absolute Gasteiger partial charge is 0.410 e. The molecule has 0 bridgehead atoms. The number of hydrogen-bond donors (Lipinski definition) is 2. The molecule has 4 N–H and O–H groups in total. The number of hydrogen-bond acceptors (Lipinski definition) is 6. The number of carbonyl (C=O) groups is 2. The second-order valence-electron chi connectivity index (χ2n) is 9.95. The number of halogens is 1. The lowest BCUT2D eigenvalue weighted by molar-refractivity contribution is -0.122. The highest BCUT2D eigenvalue weighted by Gasteiger charge is 2.59. The number of likely N-dealkylation sites (tertiary alicyclic amines) is 1. The fraction of sp³-hybridized carbons (Fsp3) is 0.458. The molecule has 33 heavy (non-hydrogen) atoms. The van der Waals surface area contributed by atoms with Crippen molar-refractivity contribution in [3.8, 4) is 17.1 Å². The van der Waals surface area contributed by atoms with Crippen molar-refractivity contribution in [2.24, 2.45) is 23.3 Å². The van der Waals surface area contributed by atoms with E-state index < -0.39 is 17.0 Å². The van der Waals surface area contributed by atoms with Crippen LogP contribution in [-0.4, -0.2) is 46.7 Å². The van der Waals surface area contributed by atoms with Crippen LogP contribution in [0.15, 0.2) is 36.4 Å². The zero-order chi connectivity index (χ0) is 24.1. The molecular weight excluding hydrogens is 427 g/mol. The van der Waals surface area contributed by atoms with E-state index in [1.165, 1.54) is 19.1 Å². The Hall–Kier alpha value is -3.20. The van der Waals surface area contributed by atoms with Gasteiger partial charge in [0.25, 0.3) is 0 Å². The van der Waals surface area contributed by atoms with Gasteiger partial charge in [0, 0.05) is 36.6 Å². The van der Waals surface area contributed by atoms with Gasteiger partial charge in [0.2, 0.25) is 11.8 Å². The Morgan fingerprint density at radius 3 is 2.24 bits per heavy atom. The van der Waals surface area contributed by atoms with Crippen LogP contribution < -0.4 is 16.2 Å². The van der Waals surface area contributed by atoms with Gasteiger partial charge in [-0.2, -0.15) is 0 Å². The van der Waals surface area contributed by atoms with E-state index in [4.69, 9.17) is 20.9 Å². The highest BCUT2D eigenvalue weighted by atomic mass is 19.1. The van der Waals surface area contributed by atoms with Gasteiger partial charge in [0.05, 0.1) is 5.69 Å². The predicted molar refractivity (Wildman–Crippen MR) is 120 cm³/mol. The van der Waals surface area contributed by atoms with Crippen molar-refractivity contribution in [2.45, 2.75) is 44.9 Å². The molecule has 2 fully saturated rings. The van der Waals surface area contributed by atoms with Crippen molar-refractivity contribution in [3.63, 3.8) is 0 Å². The molecule has 8 nitrogen and oxygen atoms in total. The Morgan fingerprint density at radius 1 is 1.09 bits per heavy atom. The van der Waals surface area contributed by atoms with E-state index in [1.807, 2.05) is 20.8 Å². The molecule has 2 aromatic rings. The summed E-state index contributed by atoms with van der Waals surface area (Å²) in [5, 5.41) is 0. The number of piperidine rings is 1. The fourth-order valence-corrected chi connectivity index (χ4v) is 4.04. The van der Waals surface area contributed by atoms with Crippen LogP contribution in [-0.2, 0) is 15.1 Å². The van der Waals surface area contributed by atoms with Crippen molar-refractivity contribution >= 4 is 12.0 Å². The lowest BCUT2D eigenvalue weighted by Gasteiger charge is -2.26. The van der Waals surface area contributed by atoms with Gasteiger partial charge < -0.3 is 25.8 Å². The number of benzene rings is 1. The Morgan fingerprint density at radius 2 is 1.70 bits per heavy atom. The van der Waals surface area contributed by atoms with E-state index in [-0.39, 0.29) is 29.9 Å². The summed E-state index contributed by atoms with van der Waals surface area (Å²) in [4.78, 5) is 30.5. The molecule has 1 aliphatic heterocycles. The SMILES string of the molecule is CC(C)(C)OC(=O)N1C[C@@H]2C(Oc3cc(C(C)(N)C(N)=O)cc(-c4ccc(F)cc4)n3)[C@@H]2C1. The number of amides is 2. The molecule has 176 valence electrons. The van der Waals surface area contributed by atoms with Crippen molar-refractivity contribution in [2.75, 3.05) is 13.1 Å². The number of rotatable bonds is 5. The summed E-state index contributed by atoms with van der Waals surface area (Å²) in [6.45, 7) is 8.12. The first kappa shape index (κ1) is 23.0. The van der Waals surface area contributed by atoms with E-state index >= 15 is 0 Å². The van der Waals surface area contributed by atoms with Gasteiger partial charge in [-0.05, 0) is 63.6 Å². The second-order valence-corrected chi connectivity index (χ2v) is 9.95. The number of carbonyl (C=O) groups excluding carboxylic acids is 2. The minimum atomic E-state index is -1.44. The molecule has 1 aromatic heterocycles. The molecule has 1 saturated carbocycles. The first-order valence-corrected chi connectivity index (χ1v) is 10.9. The van der Waals surface area contributed by atoms with Crippen molar-refractivity contribution in [1.82, 2.24) is 9.88 Å². The summed E-state index contributed by atoms with van der Waals surface area (Å²) in [6.07, 6.45) is -0.433. The molecule has 0 spiro atoms. The lowest BCUT2D eigenvalue weighted by atomic mass is 9.92. The van der Waals surface area contributed by atoms with E-state index in [2.05, 4.69) is 4.98 Å². The fourth-order valence-electron chi connectivity index (χ4n) is 4.04.